The van der Waals surface area contributed by atoms with Crippen molar-refractivity contribution in [3.8, 4) is 5.75 Å². The maximum atomic E-state index is 12.9. The summed E-state index contributed by atoms with van der Waals surface area (Å²) < 4.78 is 11.6. The van der Waals surface area contributed by atoms with Crippen molar-refractivity contribution in [3.05, 3.63) is 65.2 Å². The van der Waals surface area contributed by atoms with Gasteiger partial charge < -0.3 is 29.9 Å². The maximum absolute atomic E-state index is 12.9. The number of likely N-dealkylation sites (N-methyl/N-ethyl adjacent to an activating group) is 1. The summed E-state index contributed by atoms with van der Waals surface area (Å²) in [5.41, 5.74) is 0.932. The van der Waals surface area contributed by atoms with Crippen LogP contribution < -0.4 is 15.4 Å². The Bertz CT molecular complexity index is 959. The number of hydrogen-bond donors (Lipinski definition) is 2. The van der Waals surface area contributed by atoms with Crippen LogP contribution in [-0.2, 0) is 9.53 Å². The number of hydrogen-bond acceptors (Lipinski definition) is 5. The number of halogens is 1. The van der Waals surface area contributed by atoms with E-state index in [2.05, 4.69) is 15.5 Å². The zero-order valence-electron chi connectivity index (χ0n) is 19.3. The molecule has 2 saturated heterocycles. The summed E-state index contributed by atoms with van der Waals surface area (Å²) in [5, 5.41) is 6.75. The van der Waals surface area contributed by atoms with Gasteiger partial charge in [0.2, 0.25) is 0 Å². The van der Waals surface area contributed by atoms with Gasteiger partial charge in [-0.3, -0.25) is 4.79 Å². The van der Waals surface area contributed by atoms with Gasteiger partial charge in [0.15, 0.2) is 6.61 Å². The number of nitrogens with one attached hydrogen (secondary N) is 2. The number of nitrogens with zero attached hydrogens (tertiary/aromatic N) is 2. The van der Waals surface area contributed by atoms with Gasteiger partial charge in [-0.1, -0.05) is 41.9 Å². The van der Waals surface area contributed by atoms with E-state index in [1.807, 2.05) is 61.6 Å². The Hall–Kier alpha value is -2.81. The summed E-state index contributed by atoms with van der Waals surface area (Å²) in [6.07, 6.45) is 0.515. The molecule has 4 rings (SSSR count). The van der Waals surface area contributed by atoms with Crippen LogP contribution in [0.4, 0.5) is 4.79 Å². The third-order valence-electron chi connectivity index (χ3n) is 6.17. The van der Waals surface area contributed by atoms with Crippen molar-refractivity contribution in [2.75, 3.05) is 46.4 Å². The molecule has 0 saturated carbocycles. The van der Waals surface area contributed by atoms with Crippen LogP contribution in [0.1, 0.15) is 18.0 Å². The molecule has 9 heteroatoms. The van der Waals surface area contributed by atoms with Crippen LogP contribution in [0.5, 0.6) is 5.75 Å². The Morgan fingerprint density at radius 1 is 1.12 bits per heavy atom. The Morgan fingerprint density at radius 3 is 2.62 bits per heavy atom. The third-order valence-corrected chi connectivity index (χ3v) is 6.42. The SMILES string of the molecule is CN1CCOC(C(NC(=O)NC2CCN(C(=O)COc3ccccc3)C2)c2ccc(Cl)cc2)C1. The van der Waals surface area contributed by atoms with E-state index in [1.54, 1.807) is 4.90 Å². The lowest BCUT2D eigenvalue weighted by atomic mass is 10.00. The van der Waals surface area contributed by atoms with Crippen molar-refractivity contribution in [2.24, 2.45) is 0 Å². The molecule has 34 heavy (non-hydrogen) atoms. The van der Waals surface area contributed by atoms with Gasteiger partial charge in [-0.05, 0) is 43.3 Å². The van der Waals surface area contributed by atoms with E-state index in [9.17, 15) is 9.59 Å². The standard InChI is InChI=1S/C25H31ClN4O4/c1-29-13-14-33-22(16-29)24(18-7-9-19(26)10-8-18)28-25(32)27-20-11-12-30(15-20)23(31)17-34-21-5-3-2-4-6-21/h2-10,20,22,24H,11-17H2,1H3,(H2,27,28,32). The van der Waals surface area contributed by atoms with Crippen molar-refractivity contribution >= 4 is 23.5 Å². The molecular weight excluding hydrogens is 456 g/mol. The van der Waals surface area contributed by atoms with Crippen molar-refractivity contribution in [3.63, 3.8) is 0 Å². The molecule has 8 nitrogen and oxygen atoms in total. The second kappa shape index (κ2) is 11.6. The minimum absolute atomic E-state index is 0.0197. The van der Waals surface area contributed by atoms with Gasteiger partial charge >= 0.3 is 6.03 Å². The predicted octanol–water partition coefficient (Wildman–Crippen LogP) is 2.69. The highest BCUT2D eigenvalue weighted by Gasteiger charge is 2.32. The highest BCUT2D eigenvalue weighted by Crippen LogP contribution is 2.24. The van der Waals surface area contributed by atoms with Gasteiger partial charge in [0.05, 0.1) is 18.8 Å². The fourth-order valence-corrected chi connectivity index (χ4v) is 4.43. The molecule has 0 radical (unpaired) electrons. The van der Waals surface area contributed by atoms with Crippen LogP contribution in [0.25, 0.3) is 0 Å². The molecule has 0 aliphatic carbocycles. The van der Waals surface area contributed by atoms with Crippen LogP contribution in [0, 0.1) is 0 Å². The summed E-state index contributed by atoms with van der Waals surface area (Å²) in [6, 6.07) is 16.0. The second-order valence-corrected chi connectivity index (χ2v) is 9.18. The monoisotopic (exact) mass is 486 g/mol. The van der Waals surface area contributed by atoms with Gasteiger partial charge in [-0.25, -0.2) is 4.79 Å². The highest BCUT2D eigenvalue weighted by molar-refractivity contribution is 6.30. The number of urea groups is 1. The number of amides is 3. The van der Waals surface area contributed by atoms with Crippen molar-refractivity contribution in [1.29, 1.82) is 0 Å². The van der Waals surface area contributed by atoms with E-state index in [0.717, 1.165) is 12.1 Å². The summed E-state index contributed by atoms with van der Waals surface area (Å²) in [6.45, 7) is 3.20. The molecule has 2 heterocycles. The number of rotatable bonds is 7. The number of carbonyl (C=O) groups excluding carboxylic acids is 2. The molecule has 2 aliphatic heterocycles. The van der Waals surface area contributed by atoms with Crippen LogP contribution in [0.15, 0.2) is 54.6 Å². The Labute approximate surface area is 205 Å². The van der Waals surface area contributed by atoms with E-state index >= 15 is 0 Å². The lowest BCUT2D eigenvalue weighted by molar-refractivity contribution is -0.132. The number of ether oxygens (including phenoxy) is 2. The van der Waals surface area contributed by atoms with Crippen molar-refractivity contribution < 1.29 is 19.1 Å². The van der Waals surface area contributed by atoms with Gasteiger partial charge in [-0.15, -0.1) is 0 Å². The topological polar surface area (TPSA) is 83.1 Å². The molecule has 3 unspecified atom stereocenters. The lowest BCUT2D eigenvalue weighted by Crippen LogP contribution is -2.51. The van der Waals surface area contributed by atoms with Crippen LogP contribution in [0.3, 0.4) is 0 Å². The van der Waals surface area contributed by atoms with Crippen LogP contribution in [0.2, 0.25) is 5.02 Å². The normalized spacial score (nSPS) is 21.6. The summed E-state index contributed by atoms with van der Waals surface area (Å²) in [7, 11) is 2.04. The molecule has 0 aromatic heterocycles. The lowest BCUT2D eigenvalue weighted by Gasteiger charge is -2.36. The maximum Gasteiger partial charge on any atom is 0.315 e. The molecule has 3 amide bonds. The van der Waals surface area contributed by atoms with E-state index in [0.29, 0.717) is 43.4 Å². The zero-order chi connectivity index (χ0) is 23.9. The van der Waals surface area contributed by atoms with Crippen LogP contribution >= 0.6 is 11.6 Å². The molecule has 2 aromatic rings. The number of benzene rings is 2. The number of carbonyl (C=O) groups is 2. The van der Waals surface area contributed by atoms with E-state index in [4.69, 9.17) is 21.1 Å². The minimum atomic E-state index is -0.321. The van der Waals surface area contributed by atoms with Gasteiger partial charge in [0, 0.05) is 37.2 Å². The molecule has 2 aliphatic rings. The van der Waals surface area contributed by atoms with Crippen LogP contribution in [-0.4, -0.2) is 80.3 Å². The van der Waals surface area contributed by atoms with Gasteiger partial charge in [0.25, 0.3) is 5.91 Å². The summed E-state index contributed by atoms with van der Waals surface area (Å²) >= 11 is 6.06. The third kappa shape index (κ3) is 6.62. The first-order chi connectivity index (χ1) is 16.5. The largest absolute Gasteiger partial charge is 0.484 e. The molecule has 2 N–H and O–H groups in total. The fraction of sp³-hybridized carbons (Fsp3) is 0.440. The average Bonchev–Trinajstić information content (AvgIpc) is 3.31. The molecule has 2 aromatic carbocycles. The Kier molecular flexibility index (Phi) is 8.26. The zero-order valence-corrected chi connectivity index (χ0v) is 20.0. The van der Waals surface area contributed by atoms with E-state index in [-0.39, 0.29) is 36.7 Å². The Morgan fingerprint density at radius 2 is 1.88 bits per heavy atom. The average molecular weight is 487 g/mol. The molecule has 0 spiro atoms. The first kappa shape index (κ1) is 24.3. The van der Waals surface area contributed by atoms with Crippen molar-refractivity contribution in [2.45, 2.75) is 24.6 Å². The molecule has 0 bridgehead atoms. The quantitative estimate of drug-likeness (QED) is 0.628. The fourth-order valence-electron chi connectivity index (χ4n) is 4.30. The van der Waals surface area contributed by atoms with Crippen molar-refractivity contribution in [1.82, 2.24) is 20.4 Å². The highest BCUT2D eigenvalue weighted by atomic mass is 35.5. The van der Waals surface area contributed by atoms with Gasteiger partial charge in [-0.2, -0.15) is 0 Å². The Balaban J connectivity index is 1.31. The second-order valence-electron chi connectivity index (χ2n) is 8.75. The number of morpholine rings is 1. The van der Waals surface area contributed by atoms with E-state index < -0.39 is 0 Å². The first-order valence-corrected chi connectivity index (χ1v) is 11.9. The summed E-state index contributed by atoms with van der Waals surface area (Å²) in [4.78, 5) is 29.3. The predicted molar refractivity (Wildman–Crippen MR) is 130 cm³/mol. The summed E-state index contributed by atoms with van der Waals surface area (Å²) in [5.74, 6) is 0.569. The molecule has 2 fully saturated rings. The molecular formula is C25H31ClN4O4. The van der Waals surface area contributed by atoms with E-state index in [1.165, 1.54) is 0 Å². The molecule has 182 valence electrons. The minimum Gasteiger partial charge on any atom is -0.484 e. The smallest absolute Gasteiger partial charge is 0.315 e. The first-order valence-electron chi connectivity index (χ1n) is 11.6. The molecule has 3 atom stereocenters. The number of likely N-dealkylation sites (tertiary alicyclic amines) is 1. The number of para-hydroxylation sites is 1. The van der Waals surface area contributed by atoms with Gasteiger partial charge in [0.1, 0.15) is 5.75 Å².